The van der Waals surface area contributed by atoms with Crippen LogP contribution in [0, 0.1) is 21.4 Å². The molecule has 3 aromatic carbocycles. The number of nitro groups is 1. The van der Waals surface area contributed by atoms with Crippen LogP contribution in [0.5, 0.6) is 11.5 Å². The van der Waals surface area contributed by atoms with Crippen molar-refractivity contribution in [3.05, 3.63) is 111 Å². The molecule has 18 heteroatoms. The van der Waals surface area contributed by atoms with E-state index in [1.54, 1.807) is 29.3 Å². The molecule has 2 aromatic heterocycles. The van der Waals surface area contributed by atoms with E-state index in [2.05, 4.69) is 35.9 Å². The van der Waals surface area contributed by atoms with Gasteiger partial charge in [0.2, 0.25) is 0 Å². The summed E-state index contributed by atoms with van der Waals surface area (Å²) in [5, 5.41) is 17.1. The van der Waals surface area contributed by atoms with Gasteiger partial charge < -0.3 is 29.6 Å². The van der Waals surface area contributed by atoms with Crippen molar-refractivity contribution in [1.29, 1.82) is 0 Å². The number of hydrogen-bond donors (Lipinski definition) is 3. The number of halogens is 1. The number of fused-ring (bicyclic) bond motifs is 2. The first-order chi connectivity index (χ1) is 32.0. The fraction of sp³-hybridized carbons (Fsp3) is 0.449. The van der Waals surface area contributed by atoms with E-state index in [4.69, 9.17) is 21.1 Å². The summed E-state index contributed by atoms with van der Waals surface area (Å²) < 4.78 is 41.7. The monoisotopic (exact) mass is 952 g/mol. The molecule has 2 aliphatic carbocycles. The van der Waals surface area contributed by atoms with Gasteiger partial charge in [-0.2, -0.15) is 0 Å². The molecule has 0 unspecified atom stereocenters. The van der Waals surface area contributed by atoms with E-state index in [9.17, 15) is 28.1 Å². The second-order valence-electron chi connectivity index (χ2n) is 19.5. The quantitative estimate of drug-likeness (QED) is 0.0646. The van der Waals surface area contributed by atoms with Crippen molar-refractivity contribution in [2.75, 3.05) is 56.0 Å². The van der Waals surface area contributed by atoms with Gasteiger partial charge in [0.15, 0.2) is 0 Å². The number of H-pyrrole nitrogens is 1. The molecular formula is C49H57ClN8O8S. The second-order valence-corrected chi connectivity index (χ2v) is 21.5. The third kappa shape index (κ3) is 10.2. The summed E-state index contributed by atoms with van der Waals surface area (Å²) in [5.74, 6) is -0.244. The van der Waals surface area contributed by atoms with Crippen LogP contribution in [-0.4, -0.2) is 96.5 Å². The number of nitro benzene ring substituents is 1. The van der Waals surface area contributed by atoms with Crippen LogP contribution in [0.3, 0.4) is 0 Å². The number of hydrogen-bond acceptors (Lipinski definition) is 12. The maximum absolute atomic E-state index is 14.0. The SMILES string of the molecule is CC(C)(C)OC(=O)N1CCC2(CC1)CC(CNc1ccc(S(=O)(=O)NC(=O)c3ccc(N4CCN([C@@H]5CCCCc6c(Cl)cccc65)CC4)cc3Oc3cnc4[nH]ccc4c3)cc1[N+](=O)[O-])C2. The minimum atomic E-state index is -4.59. The summed E-state index contributed by atoms with van der Waals surface area (Å²) in [4.78, 5) is 51.8. The van der Waals surface area contributed by atoms with Gasteiger partial charge in [-0.25, -0.2) is 22.9 Å². The number of aromatic nitrogens is 2. The zero-order chi connectivity index (χ0) is 47.1. The van der Waals surface area contributed by atoms with Crippen LogP contribution in [0.15, 0.2) is 84.0 Å². The Hall–Kier alpha value is -5.91. The molecule has 9 rings (SSSR count). The van der Waals surface area contributed by atoms with E-state index < -0.39 is 37.0 Å². The molecule has 1 saturated carbocycles. The average molecular weight is 954 g/mol. The molecule has 0 bridgehead atoms. The van der Waals surface area contributed by atoms with Crippen LogP contribution in [0.4, 0.5) is 21.9 Å². The fourth-order valence-electron chi connectivity index (χ4n) is 10.4. The van der Waals surface area contributed by atoms with Crippen LogP contribution in [0.25, 0.3) is 11.0 Å². The van der Waals surface area contributed by atoms with Crippen LogP contribution >= 0.6 is 11.6 Å². The van der Waals surface area contributed by atoms with Gasteiger partial charge in [-0.3, -0.25) is 19.8 Å². The molecule has 2 amide bonds. The van der Waals surface area contributed by atoms with Gasteiger partial charge in [-0.1, -0.05) is 30.2 Å². The van der Waals surface area contributed by atoms with Crippen molar-refractivity contribution < 1.29 is 32.4 Å². The average Bonchev–Trinajstić information content (AvgIpc) is 3.64. The Kier molecular flexibility index (Phi) is 12.9. The van der Waals surface area contributed by atoms with E-state index in [-0.39, 0.29) is 40.5 Å². The molecule has 4 aliphatic rings. The molecule has 354 valence electrons. The number of piperazine rings is 1. The second kappa shape index (κ2) is 18.6. The minimum Gasteiger partial charge on any atom is -0.455 e. The zero-order valence-corrected chi connectivity index (χ0v) is 39.6. The van der Waals surface area contributed by atoms with Crippen molar-refractivity contribution in [2.45, 2.75) is 88.7 Å². The van der Waals surface area contributed by atoms with Crippen molar-refractivity contribution in [1.82, 2.24) is 24.5 Å². The molecule has 1 spiro atoms. The Morgan fingerprint density at radius 2 is 1.76 bits per heavy atom. The maximum Gasteiger partial charge on any atom is 0.410 e. The predicted octanol–water partition coefficient (Wildman–Crippen LogP) is 9.46. The molecule has 2 aliphatic heterocycles. The lowest BCUT2D eigenvalue weighted by molar-refractivity contribution is -0.384. The highest BCUT2D eigenvalue weighted by Gasteiger charge is 2.46. The lowest BCUT2D eigenvalue weighted by Gasteiger charge is -2.52. The number of nitrogens with zero attached hydrogens (tertiary/aromatic N) is 5. The lowest BCUT2D eigenvalue weighted by Crippen LogP contribution is -2.50. The van der Waals surface area contributed by atoms with Crippen LogP contribution in [0.1, 0.15) is 93.2 Å². The molecular weight excluding hydrogens is 896 g/mol. The van der Waals surface area contributed by atoms with Gasteiger partial charge in [-0.05, 0) is 131 Å². The number of rotatable bonds is 11. The third-order valence-corrected chi connectivity index (χ3v) is 15.5. The molecule has 67 heavy (non-hydrogen) atoms. The normalized spacial score (nSPS) is 19.0. The van der Waals surface area contributed by atoms with Gasteiger partial charge in [0, 0.05) is 86.3 Å². The summed E-state index contributed by atoms with van der Waals surface area (Å²) in [6.45, 7) is 10.3. The van der Waals surface area contributed by atoms with Crippen molar-refractivity contribution in [3.63, 3.8) is 0 Å². The highest BCUT2D eigenvalue weighted by molar-refractivity contribution is 7.90. The van der Waals surface area contributed by atoms with Crippen molar-refractivity contribution in [2.24, 2.45) is 11.3 Å². The van der Waals surface area contributed by atoms with E-state index in [1.165, 1.54) is 35.5 Å². The largest absolute Gasteiger partial charge is 0.455 e. The smallest absolute Gasteiger partial charge is 0.410 e. The van der Waals surface area contributed by atoms with Gasteiger partial charge in [0.05, 0.1) is 21.6 Å². The Morgan fingerprint density at radius 1 is 0.985 bits per heavy atom. The minimum absolute atomic E-state index is 0.0476. The summed E-state index contributed by atoms with van der Waals surface area (Å²) in [5.41, 5.74) is 3.28. The summed E-state index contributed by atoms with van der Waals surface area (Å²) in [7, 11) is -4.59. The van der Waals surface area contributed by atoms with Gasteiger partial charge in [0.1, 0.15) is 28.4 Å². The van der Waals surface area contributed by atoms with E-state index >= 15 is 0 Å². The molecule has 4 heterocycles. The highest BCUT2D eigenvalue weighted by atomic mass is 35.5. The van der Waals surface area contributed by atoms with Gasteiger partial charge >= 0.3 is 6.09 Å². The summed E-state index contributed by atoms with van der Waals surface area (Å²) in [6, 6.07) is 18.7. The molecule has 5 aromatic rings. The van der Waals surface area contributed by atoms with Crippen molar-refractivity contribution in [3.8, 4) is 11.5 Å². The highest BCUT2D eigenvalue weighted by Crippen LogP contribution is 2.53. The van der Waals surface area contributed by atoms with E-state index in [0.717, 1.165) is 86.6 Å². The number of nitrogens with one attached hydrogen (secondary N) is 3. The molecule has 0 radical (unpaired) electrons. The number of likely N-dealkylation sites (tertiary alicyclic amines) is 1. The van der Waals surface area contributed by atoms with E-state index in [0.29, 0.717) is 44.1 Å². The third-order valence-electron chi connectivity index (χ3n) is 13.8. The van der Waals surface area contributed by atoms with E-state index in [1.807, 2.05) is 39.0 Å². The number of amides is 2. The van der Waals surface area contributed by atoms with Crippen LogP contribution in [-0.2, 0) is 21.2 Å². The van der Waals surface area contributed by atoms with Crippen LogP contribution in [0.2, 0.25) is 5.02 Å². The Morgan fingerprint density at radius 3 is 2.51 bits per heavy atom. The first-order valence-corrected chi connectivity index (χ1v) is 25.0. The zero-order valence-electron chi connectivity index (χ0n) is 38.1. The Bertz CT molecular complexity index is 2790. The first-order valence-electron chi connectivity index (χ1n) is 23.1. The summed E-state index contributed by atoms with van der Waals surface area (Å²) >= 11 is 6.66. The van der Waals surface area contributed by atoms with Crippen LogP contribution < -0.4 is 19.7 Å². The van der Waals surface area contributed by atoms with Crippen molar-refractivity contribution >= 4 is 61.7 Å². The summed E-state index contributed by atoms with van der Waals surface area (Å²) in [6.07, 6.45) is 10.8. The molecule has 2 saturated heterocycles. The standard InChI is InChI=1S/C49H57ClN8O8S/c1-48(2,3)66-47(60)57-19-16-49(17-20-57)28-32(29-49)30-52-41-14-12-36(27-43(41)58(61)62)67(63,64)54-46(59)39-13-11-34(26-44(39)65-35-25-33-15-18-51-45(33)53-31-35)55-21-23-56(24-22-55)42-10-5-4-7-37-38(42)8-6-9-40(37)50/h6,8-9,11-15,18,25-27,31-32,42,52H,4-5,7,10,16-17,19-24,28-30H2,1-3H3,(H,51,53)(H,54,59)/t42-/m1/s1. The molecule has 16 nitrogen and oxygen atoms in total. The number of sulfonamides is 1. The van der Waals surface area contributed by atoms with Gasteiger partial charge in [-0.15, -0.1) is 0 Å². The number of pyridine rings is 1. The number of carbonyl (C=O) groups is 2. The topological polar surface area (TPSA) is 192 Å². The molecule has 3 fully saturated rings. The molecule has 1 atom stereocenters. The maximum atomic E-state index is 14.0. The number of anilines is 2. The molecule has 3 N–H and O–H groups in total. The number of aromatic amines is 1. The number of piperidine rings is 1. The van der Waals surface area contributed by atoms with Gasteiger partial charge in [0.25, 0.3) is 21.6 Å². The lowest BCUT2D eigenvalue weighted by atomic mass is 9.57. The Balaban J connectivity index is 0.872. The first kappa shape index (κ1) is 46.2. The number of benzene rings is 3. The Labute approximate surface area is 395 Å². The number of ether oxygens (including phenoxy) is 2. The fourth-order valence-corrected chi connectivity index (χ4v) is 11.6. The number of carbonyl (C=O) groups excluding carboxylic acids is 2. The predicted molar refractivity (Wildman–Crippen MR) is 257 cm³/mol.